The van der Waals surface area contributed by atoms with Crippen LogP contribution in [0, 0.1) is 75.9 Å². The highest BCUT2D eigenvalue weighted by Crippen LogP contribution is 2.92. The molecule has 14 bridgehead atoms. The summed E-state index contributed by atoms with van der Waals surface area (Å²) < 4.78 is 0. The minimum atomic E-state index is -0.216. The molecule has 1 nitrogen and oxygen atoms in total. The SMILES string of the molecule is OC12CC3C4CC56CC7CC8C9CC(C1)(C3C5[C@H]9C7)C(C86)[C@@H]4C2. The largest absolute Gasteiger partial charge is 0.390 e. The van der Waals surface area contributed by atoms with Crippen LogP contribution in [0.4, 0.5) is 0 Å². The molecular weight excluding hydrogens is 280 g/mol. The number of hydrogen-bond donors (Lipinski definition) is 1. The zero-order valence-electron chi connectivity index (χ0n) is 14.0. The average Bonchev–Trinajstić information content (AvgIpc) is 2.51. The summed E-state index contributed by atoms with van der Waals surface area (Å²) in [7, 11) is 0. The number of aliphatic hydroxyl groups is 1. The number of hydrogen-bond acceptors (Lipinski definition) is 1. The predicted molar refractivity (Wildman–Crippen MR) is 85.1 cm³/mol. The van der Waals surface area contributed by atoms with Gasteiger partial charge in [-0.3, -0.25) is 0 Å². The van der Waals surface area contributed by atoms with Crippen molar-refractivity contribution in [2.75, 3.05) is 0 Å². The smallest absolute Gasteiger partial charge is 0.0659 e. The zero-order valence-corrected chi connectivity index (χ0v) is 14.0. The van der Waals surface area contributed by atoms with Crippen molar-refractivity contribution in [3.05, 3.63) is 0 Å². The lowest BCUT2D eigenvalue weighted by Gasteiger charge is -2.91. The quantitative estimate of drug-likeness (QED) is 0.723. The topological polar surface area (TPSA) is 20.2 Å². The maximum absolute atomic E-state index is 11.4. The van der Waals surface area contributed by atoms with Gasteiger partial charge in [0, 0.05) is 0 Å². The highest BCUT2D eigenvalue weighted by Gasteiger charge is 2.88. The minimum absolute atomic E-state index is 0.216. The number of rotatable bonds is 0. The van der Waals surface area contributed by atoms with Crippen LogP contribution in [0.2, 0.25) is 0 Å². The summed E-state index contributed by atoms with van der Waals surface area (Å²) in [4.78, 5) is 0. The van der Waals surface area contributed by atoms with Gasteiger partial charge >= 0.3 is 0 Å². The van der Waals surface area contributed by atoms with Gasteiger partial charge in [-0.05, 0) is 127 Å². The van der Waals surface area contributed by atoms with E-state index in [1.165, 1.54) is 19.3 Å². The van der Waals surface area contributed by atoms with Gasteiger partial charge in [0.05, 0.1) is 5.60 Å². The van der Waals surface area contributed by atoms with E-state index in [2.05, 4.69) is 0 Å². The summed E-state index contributed by atoms with van der Waals surface area (Å²) in [6.07, 6.45) is 11.8. The van der Waals surface area contributed by atoms with Gasteiger partial charge in [0.2, 0.25) is 0 Å². The molecule has 0 aromatic heterocycles. The van der Waals surface area contributed by atoms with Crippen molar-refractivity contribution in [1.82, 2.24) is 0 Å². The molecule has 0 radical (unpaired) electrons. The van der Waals surface area contributed by atoms with E-state index in [0.29, 0.717) is 5.41 Å². The molecule has 0 aliphatic heterocycles. The molecule has 12 unspecified atom stereocenters. The molecular formula is C22H28O. The summed E-state index contributed by atoms with van der Waals surface area (Å²) in [5.41, 5.74) is 1.28. The Kier molecular flexibility index (Phi) is 1.39. The third-order valence-electron chi connectivity index (χ3n) is 12.5. The monoisotopic (exact) mass is 308 g/mol. The summed E-state index contributed by atoms with van der Waals surface area (Å²) in [6.45, 7) is 0. The molecule has 23 heavy (non-hydrogen) atoms. The lowest BCUT2D eigenvalue weighted by Crippen LogP contribution is -2.87. The first-order valence-electron chi connectivity index (χ1n) is 10.9. The van der Waals surface area contributed by atoms with E-state index in [-0.39, 0.29) is 5.60 Å². The van der Waals surface area contributed by atoms with Crippen molar-refractivity contribution in [2.24, 2.45) is 75.9 Å². The fourth-order valence-corrected chi connectivity index (χ4v) is 13.5. The lowest BCUT2D eigenvalue weighted by molar-refractivity contribution is -0.444. The van der Waals surface area contributed by atoms with Crippen molar-refractivity contribution in [2.45, 2.75) is 57.0 Å². The van der Waals surface area contributed by atoms with Gasteiger partial charge < -0.3 is 5.11 Å². The Labute approximate surface area is 138 Å². The second-order valence-corrected chi connectivity index (χ2v) is 12.3. The third-order valence-corrected chi connectivity index (χ3v) is 12.5. The highest BCUT2D eigenvalue weighted by atomic mass is 16.3. The molecule has 122 valence electrons. The van der Waals surface area contributed by atoms with Crippen molar-refractivity contribution in [3.8, 4) is 0 Å². The van der Waals surface area contributed by atoms with E-state index in [1.54, 1.807) is 32.1 Å². The van der Waals surface area contributed by atoms with Crippen molar-refractivity contribution >= 4 is 0 Å². The molecule has 0 heterocycles. The predicted octanol–water partition coefficient (Wildman–Crippen LogP) is 3.71. The van der Waals surface area contributed by atoms with Crippen molar-refractivity contribution in [1.29, 1.82) is 0 Å². The fourth-order valence-electron chi connectivity index (χ4n) is 13.5. The van der Waals surface area contributed by atoms with Gasteiger partial charge in [0.15, 0.2) is 0 Å². The molecule has 14 atom stereocenters. The first-order valence-corrected chi connectivity index (χ1v) is 10.9. The van der Waals surface area contributed by atoms with Gasteiger partial charge in [0.1, 0.15) is 0 Å². The molecule has 2 spiro atoms. The fraction of sp³-hybridized carbons (Fsp3) is 1.00. The maximum Gasteiger partial charge on any atom is 0.0659 e. The molecule has 0 amide bonds. The molecule has 0 aromatic rings. The Morgan fingerprint density at radius 2 is 1.13 bits per heavy atom. The van der Waals surface area contributed by atoms with Crippen LogP contribution >= 0.6 is 0 Å². The molecule has 0 aromatic carbocycles. The summed E-state index contributed by atoms with van der Waals surface area (Å²) in [5.74, 6) is 12.0. The van der Waals surface area contributed by atoms with Crippen molar-refractivity contribution < 1.29 is 5.11 Å². The molecule has 13 fully saturated rings. The van der Waals surface area contributed by atoms with Crippen molar-refractivity contribution in [3.63, 3.8) is 0 Å². The molecule has 1 heteroatoms. The van der Waals surface area contributed by atoms with Gasteiger partial charge in [-0.1, -0.05) is 0 Å². The van der Waals surface area contributed by atoms with Crippen LogP contribution in [0.1, 0.15) is 51.4 Å². The Morgan fingerprint density at radius 3 is 1.83 bits per heavy atom. The lowest BCUT2D eigenvalue weighted by atomic mass is 9.13. The Morgan fingerprint density at radius 1 is 0.565 bits per heavy atom. The Hall–Kier alpha value is -0.0400. The van der Waals surface area contributed by atoms with Gasteiger partial charge in [-0.15, -0.1) is 0 Å². The van der Waals surface area contributed by atoms with E-state index >= 15 is 0 Å². The van der Waals surface area contributed by atoms with Crippen LogP contribution in [0.3, 0.4) is 0 Å². The second kappa shape index (κ2) is 2.78. The standard InChI is InChI=1S/C22H28O/c23-20-4-14-13-6-21-3-9-1-10-12-7-22(8-20,18(14)16(10)21)19(15(13)5-20)17(21)11(12)2-9/h9-19,23H,1-8H2/t9?,10-,11?,12?,13?,14?,15+,16?,17?,18?,19?,20?,21?,22?/m0/s1. The van der Waals surface area contributed by atoms with E-state index in [9.17, 15) is 5.11 Å². The van der Waals surface area contributed by atoms with E-state index in [0.717, 1.165) is 70.5 Å². The van der Waals surface area contributed by atoms with Crippen LogP contribution in [0.25, 0.3) is 0 Å². The minimum Gasteiger partial charge on any atom is -0.390 e. The average molecular weight is 308 g/mol. The first-order chi connectivity index (χ1) is 11.1. The van der Waals surface area contributed by atoms with Crippen LogP contribution in [-0.2, 0) is 0 Å². The maximum atomic E-state index is 11.4. The molecule has 13 aliphatic carbocycles. The second-order valence-electron chi connectivity index (χ2n) is 12.3. The van der Waals surface area contributed by atoms with Gasteiger partial charge in [-0.25, -0.2) is 0 Å². The molecule has 0 saturated heterocycles. The summed E-state index contributed by atoms with van der Waals surface area (Å²) >= 11 is 0. The first kappa shape index (κ1) is 11.6. The summed E-state index contributed by atoms with van der Waals surface area (Å²) in [6, 6.07) is 0. The Balaban J connectivity index is 1.41. The van der Waals surface area contributed by atoms with E-state index in [1.807, 2.05) is 0 Å². The molecule has 13 aliphatic rings. The van der Waals surface area contributed by atoms with Crippen LogP contribution < -0.4 is 0 Å². The van der Waals surface area contributed by atoms with E-state index < -0.39 is 0 Å². The molecule has 1 N–H and O–H groups in total. The van der Waals surface area contributed by atoms with Crippen LogP contribution in [-0.4, -0.2) is 10.7 Å². The Bertz CT molecular complexity index is 654. The zero-order chi connectivity index (χ0) is 14.5. The molecule has 13 rings (SSSR count). The summed E-state index contributed by atoms with van der Waals surface area (Å²) in [5, 5.41) is 11.4. The van der Waals surface area contributed by atoms with E-state index in [4.69, 9.17) is 0 Å². The normalized spacial score (nSPS) is 85.2. The molecule has 13 saturated carbocycles. The van der Waals surface area contributed by atoms with Crippen LogP contribution in [0.15, 0.2) is 0 Å². The van der Waals surface area contributed by atoms with Gasteiger partial charge in [0.25, 0.3) is 0 Å². The van der Waals surface area contributed by atoms with Gasteiger partial charge in [-0.2, -0.15) is 0 Å². The highest BCUT2D eigenvalue weighted by molar-refractivity contribution is 5.36. The van der Waals surface area contributed by atoms with Crippen LogP contribution in [0.5, 0.6) is 0 Å². The third kappa shape index (κ3) is 0.825.